The maximum absolute atomic E-state index is 13.2. The highest BCUT2D eigenvalue weighted by Gasteiger charge is 2.27. The number of hydrogen-bond donors (Lipinski definition) is 1. The highest BCUT2D eigenvalue weighted by Crippen LogP contribution is 2.25. The first-order chi connectivity index (χ1) is 14.1. The lowest BCUT2D eigenvalue weighted by Crippen LogP contribution is -2.41. The van der Waals surface area contributed by atoms with Crippen molar-refractivity contribution < 1.29 is 9.18 Å². The summed E-state index contributed by atoms with van der Waals surface area (Å²) in [7, 11) is 0. The Hall–Kier alpha value is -2.80. The summed E-state index contributed by atoms with van der Waals surface area (Å²) in [5.41, 5.74) is 1.55. The lowest BCUT2D eigenvalue weighted by molar-refractivity contribution is -0.120. The van der Waals surface area contributed by atoms with Gasteiger partial charge in [-0.15, -0.1) is 0 Å². The van der Waals surface area contributed by atoms with Crippen LogP contribution < -0.4 is 10.2 Å². The third kappa shape index (κ3) is 4.79. The molecule has 1 amide bonds. The van der Waals surface area contributed by atoms with Gasteiger partial charge in [0.05, 0.1) is 5.92 Å². The van der Waals surface area contributed by atoms with E-state index in [4.69, 9.17) is 0 Å². The molecule has 1 aromatic heterocycles. The van der Waals surface area contributed by atoms with Crippen LogP contribution in [0, 0.1) is 11.7 Å². The number of carbonyl (C=O) groups is 1. The monoisotopic (exact) mass is 454 g/mol. The zero-order valence-corrected chi connectivity index (χ0v) is 17.3. The van der Waals surface area contributed by atoms with Gasteiger partial charge in [0.2, 0.25) is 5.91 Å². The summed E-state index contributed by atoms with van der Waals surface area (Å²) in [6.45, 7) is 1.43. The maximum atomic E-state index is 13.2. The lowest BCUT2D eigenvalue weighted by Gasteiger charge is -2.33. The minimum Gasteiger partial charge on any atom is -0.356 e. The normalized spacial score (nSPS) is 16.5. The van der Waals surface area contributed by atoms with Gasteiger partial charge in [-0.3, -0.25) is 4.79 Å². The fourth-order valence-electron chi connectivity index (χ4n) is 3.44. The van der Waals surface area contributed by atoms with Crippen LogP contribution >= 0.6 is 15.9 Å². The van der Waals surface area contributed by atoms with Crippen LogP contribution in [-0.2, 0) is 4.79 Å². The van der Waals surface area contributed by atoms with E-state index in [1.165, 1.54) is 12.1 Å². The van der Waals surface area contributed by atoms with Crippen molar-refractivity contribution in [3.8, 4) is 11.4 Å². The Morgan fingerprint density at radius 2 is 1.86 bits per heavy atom. The van der Waals surface area contributed by atoms with Gasteiger partial charge < -0.3 is 10.2 Å². The van der Waals surface area contributed by atoms with Crippen LogP contribution in [0.2, 0.25) is 0 Å². The summed E-state index contributed by atoms with van der Waals surface area (Å²) in [6.07, 6.45) is 3.45. The number of nitrogens with one attached hydrogen (secondary N) is 1. The summed E-state index contributed by atoms with van der Waals surface area (Å²) in [4.78, 5) is 23.8. The Labute approximate surface area is 177 Å². The Morgan fingerprint density at radius 3 is 2.62 bits per heavy atom. The molecule has 1 fully saturated rings. The molecule has 2 aromatic carbocycles. The molecule has 0 saturated carbocycles. The molecule has 1 atom stereocenters. The molecular weight excluding hydrogens is 435 g/mol. The van der Waals surface area contributed by atoms with Gasteiger partial charge in [-0.05, 0) is 67.4 Å². The van der Waals surface area contributed by atoms with Crippen molar-refractivity contribution in [2.24, 2.45) is 5.92 Å². The van der Waals surface area contributed by atoms with Crippen LogP contribution in [0.1, 0.15) is 12.8 Å². The van der Waals surface area contributed by atoms with Crippen molar-refractivity contribution in [2.75, 3.05) is 23.3 Å². The van der Waals surface area contributed by atoms with Gasteiger partial charge in [-0.2, -0.15) is 0 Å². The number of amides is 1. The number of halogens is 2. The second kappa shape index (κ2) is 8.69. The van der Waals surface area contributed by atoms with Crippen LogP contribution in [0.15, 0.2) is 65.3 Å². The fraction of sp³-hybridized carbons (Fsp3) is 0.227. The molecule has 0 radical (unpaired) electrons. The van der Waals surface area contributed by atoms with Gasteiger partial charge in [-0.25, -0.2) is 14.4 Å². The summed E-state index contributed by atoms with van der Waals surface area (Å²) in [6, 6.07) is 15.5. The van der Waals surface area contributed by atoms with E-state index in [1.54, 1.807) is 18.3 Å². The predicted molar refractivity (Wildman–Crippen MR) is 115 cm³/mol. The second-order valence-corrected chi connectivity index (χ2v) is 7.94. The first-order valence-electron chi connectivity index (χ1n) is 9.49. The molecule has 2 heterocycles. The number of nitrogens with zero attached hydrogens (tertiary/aromatic N) is 3. The zero-order valence-electron chi connectivity index (χ0n) is 15.7. The molecule has 1 N–H and O–H groups in total. The minimum absolute atomic E-state index is 0.0184. The van der Waals surface area contributed by atoms with E-state index >= 15 is 0 Å². The van der Waals surface area contributed by atoms with Crippen molar-refractivity contribution in [1.82, 2.24) is 9.97 Å². The molecule has 148 valence electrons. The predicted octanol–water partition coefficient (Wildman–Crippen LogP) is 4.90. The molecule has 1 saturated heterocycles. The van der Waals surface area contributed by atoms with E-state index in [-0.39, 0.29) is 17.6 Å². The summed E-state index contributed by atoms with van der Waals surface area (Å²) >= 11 is 3.40. The Balaban J connectivity index is 1.46. The largest absolute Gasteiger partial charge is 0.356 e. The van der Waals surface area contributed by atoms with E-state index < -0.39 is 0 Å². The summed E-state index contributed by atoms with van der Waals surface area (Å²) in [5.74, 6) is 0.937. The number of carbonyl (C=O) groups excluding carboxylic acids is 1. The standard InChI is InChI=1S/C22H20BrFN4O/c23-17-5-9-19(10-6-17)26-22(29)16-2-1-13-28(14-16)20-11-12-25-21(27-20)15-3-7-18(24)8-4-15/h3-12,16H,1-2,13-14H2,(H,26,29)/t16-/m0/s1. The van der Waals surface area contributed by atoms with E-state index in [2.05, 4.69) is 36.1 Å². The molecular formula is C22H20BrFN4O. The molecule has 29 heavy (non-hydrogen) atoms. The first kappa shape index (κ1) is 19.5. The van der Waals surface area contributed by atoms with Gasteiger partial charge in [0.15, 0.2) is 5.82 Å². The molecule has 5 nitrogen and oxygen atoms in total. The zero-order chi connectivity index (χ0) is 20.2. The number of aromatic nitrogens is 2. The van der Waals surface area contributed by atoms with E-state index in [0.717, 1.165) is 40.9 Å². The van der Waals surface area contributed by atoms with E-state index in [9.17, 15) is 9.18 Å². The molecule has 0 aliphatic carbocycles. The van der Waals surface area contributed by atoms with Gasteiger partial charge in [-0.1, -0.05) is 15.9 Å². The number of piperidine rings is 1. The molecule has 0 spiro atoms. The van der Waals surface area contributed by atoms with Crippen molar-refractivity contribution in [2.45, 2.75) is 12.8 Å². The topological polar surface area (TPSA) is 58.1 Å². The van der Waals surface area contributed by atoms with Crippen molar-refractivity contribution in [3.05, 3.63) is 71.1 Å². The Morgan fingerprint density at radius 1 is 1.10 bits per heavy atom. The molecule has 1 aliphatic heterocycles. The van der Waals surface area contributed by atoms with E-state index in [0.29, 0.717) is 12.4 Å². The molecule has 4 rings (SSSR count). The lowest BCUT2D eigenvalue weighted by atomic mass is 9.97. The number of rotatable bonds is 4. The summed E-state index contributed by atoms with van der Waals surface area (Å²) in [5, 5.41) is 3.00. The Kier molecular flexibility index (Phi) is 5.85. The fourth-order valence-corrected chi connectivity index (χ4v) is 3.70. The van der Waals surface area contributed by atoms with Crippen LogP contribution in [-0.4, -0.2) is 29.0 Å². The average molecular weight is 455 g/mol. The van der Waals surface area contributed by atoms with Crippen LogP contribution in [0.5, 0.6) is 0 Å². The molecule has 3 aromatic rings. The van der Waals surface area contributed by atoms with Crippen LogP contribution in [0.25, 0.3) is 11.4 Å². The van der Waals surface area contributed by atoms with Gasteiger partial charge in [0, 0.05) is 35.0 Å². The highest BCUT2D eigenvalue weighted by atomic mass is 79.9. The van der Waals surface area contributed by atoms with Crippen LogP contribution in [0.3, 0.4) is 0 Å². The van der Waals surface area contributed by atoms with Crippen molar-refractivity contribution >= 4 is 33.3 Å². The van der Waals surface area contributed by atoms with Gasteiger partial charge in [0.1, 0.15) is 11.6 Å². The van der Waals surface area contributed by atoms with Crippen LogP contribution in [0.4, 0.5) is 15.9 Å². The highest BCUT2D eigenvalue weighted by molar-refractivity contribution is 9.10. The molecule has 0 unspecified atom stereocenters. The van der Waals surface area contributed by atoms with Gasteiger partial charge >= 0.3 is 0 Å². The first-order valence-corrected chi connectivity index (χ1v) is 10.3. The number of anilines is 2. The smallest absolute Gasteiger partial charge is 0.229 e. The van der Waals surface area contributed by atoms with Gasteiger partial charge in [0.25, 0.3) is 0 Å². The van der Waals surface area contributed by atoms with E-state index in [1.807, 2.05) is 30.3 Å². The van der Waals surface area contributed by atoms with Crippen molar-refractivity contribution in [3.63, 3.8) is 0 Å². The average Bonchev–Trinajstić information content (AvgIpc) is 2.76. The number of benzene rings is 2. The number of hydrogen-bond acceptors (Lipinski definition) is 4. The Bertz CT molecular complexity index is 994. The van der Waals surface area contributed by atoms with Crippen molar-refractivity contribution in [1.29, 1.82) is 0 Å². The third-order valence-electron chi connectivity index (χ3n) is 4.97. The minimum atomic E-state index is -0.291. The molecule has 7 heteroatoms. The maximum Gasteiger partial charge on any atom is 0.229 e. The molecule has 1 aliphatic rings. The third-order valence-corrected chi connectivity index (χ3v) is 5.50. The second-order valence-electron chi connectivity index (χ2n) is 7.03. The SMILES string of the molecule is O=C(Nc1ccc(Br)cc1)[C@H]1CCCN(c2ccnc(-c3ccc(F)cc3)n2)C1. The molecule has 0 bridgehead atoms. The quantitative estimate of drug-likeness (QED) is 0.608. The summed E-state index contributed by atoms with van der Waals surface area (Å²) < 4.78 is 14.2.